The molecule has 4 nitrogen and oxygen atoms in total. The van der Waals surface area contributed by atoms with E-state index in [2.05, 4.69) is 41.5 Å². The van der Waals surface area contributed by atoms with E-state index in [4.69, 9.17) is 18.8 Å². The van der Waals surface area contributed by atoms with Crippen LogP contribution in [0.3, 0.4) is 0 Å². The van der Waals surface area contributed by atoms with Crippen molar-refractivity contribution in [3.63, 3.8) is 0 Å². The summed E-state index contributed by atoms with van der Waals surface area (Å²) in [5, 5.41) is 0. The molecule has 0 saturated carbocycles. The molecule has 0 amide bonds. The molecule has 0 spiro atoms. The van der Waals surface area contributed by atoms with Gasteiger partial charge in [-0.25, -0.2) is 0 Å². The van der Waals surface area contributed by atoms with Crippen molar-refractivity contribution in [1.29, 1.82) is 0 Å². The predicted octanol–water partition coefficient (Wildman–Crippen LogP) is 5.29. The second-order valence-corrected chi connectivity index (χ2v) is 8.56. The molecule has 0 aliphatic rings. The molecule has 0 N–H and O–H groups in total. The molecule has 0 saturated heterocycles. The van der Waals surface area contributed by atoms with Crippen LogP contribution in [0.5, 0.6) is 23.0 Å². The van der Waals surface area contributed by atoms with E-state index in [0.29, 0.717) is 11.5 Å². The van der Waals surface area contributed by atoms with E-state index in [9.17, 15) is 0 Å². The van der Waals surface area contributed by atoms with Gasteiger partial charge >= 0.3 is 7.69 Å². The van der Waals surface area contributed by atoms with Crippen molar-refractivity contribution >= 4 is 7.69 Å². The lowest BCUT2D eigenvalue weighted by Gasteiger charge is -2.23. The highest BCUT2D eigenvalue weighted by Crippen LogP contribution is 2.35. The Morgan fingerprint density at radius 2 is 1.00 bits per heavy atom. The van der Waals surface area contributed by atoms with Crippen molar-refractivity contribution in [2.75, 3.05) is 14.2 Å². The van der Waals surface area contributed by atoms with Gasteiger partial charge in [0.15, 0.2) is 0 Å². The first-order chi connectivity index (χ1) is 12.6. The monoisotopic (exact) mass is 369 g/mol. The zero-order valence-corrected chi connectivity index (χ0v) is 17.7. The van der Waals surface area contributed by atoms with Gasteiger partial charge in [-0.15, -0.1) is 0 Å². The van der Waals surface area contributed by atoms with Crippen molar-refractivity contribution in [3.05, 3.63) is 47.5 Å². The van der Waals surface area contributed by atoms with Gasteiger partial charge in [0.25, 0.3) is 0 Å². The molecule has 0 heterocycles. The van der Waals surface area contributed by atoms with Crippen molar-refractivity contribution < 1.29 is 18.8 Å². The van der Waals surface area contributed by atoms with Crippen molar-refractivity contribution in [3.8, 4) is 23.0 Å². The Bertz CT molecular complexity index is 707. The van der Waals surface area contributed by atoms with Crippen LogP contribution >= 0.6 is 0 Å². The summed E-state index contributed by atoms with van der Waals surface area (Å²) in [6, 6.07) is 11.5. The van der Waals surface area contributed by atoms with Gasteiger partial charge in [0.05, 0.1) is 14.2 Å². The van der Waals surface area contributed by atoms with Crippen LogP contribution < -0.4 is 18.8 Å². The lowest BCUT2D eigenvalue weighted by Crippen LogP contribution is -2.16. The summed E-state index contributed by atoms with van der Waals surface area (Å²) in [7, 11) is 4.70. The second-order valence-electron chi connectivity index (χ2n) is 8.56. The number of rotatable bonds is 6. The number of ether oxygens (including phenoxy) is 2. The van der Waals surface area contributed by atoms with E-state index in [1.807, 2.05) is 36.4 Å². The molecule has 0 aliphatic heterocycles. The van der Waals surface area contributed by atoms with Crippen LogP contribution in [0.4, 0.5) is 0 Å². The summed E-state index contributed by atoms with van der Waals surface area (Å²) in [4.78, 5) is 0. The van der Waals surface area contributed by atoms with E-state index in [-0.39, 0.29) is 10.8 Å². The van der Waals surface area contributed by atoms with E-state index in [1.165, 1.54) is 7.69 Å². The van der Waals surface area contributed by atoms with Crippen molar-refractivity contribution in [1.82, 2.24) is 0 Å². The Morgan fingerprint density at radius 3 is 1.30 bits per heavy atom. The second kappa shape index (κ2) is 8.16. The first-order valence-electron chi connectivity index (χ1n) is 9.08. The molecule has 0 bridgehead atoms. The van der Waals surface area contributed by atoms with Gasteiger partial charge in [-0.1, -0.05) is 41.5 Å². The Hall–Kier alpha value is -2.30. The third-order valence-corrected chi connectivity index (χ3v) is 4.33. The summed E-state index contributed by atoms with van der Waals surface area (Å²) in [5.74, 6) is 3.09. The van der Waals surface area contributed by atoms with E-state index < -0.39 is 0 Å². The molecule has 0 aliphatic carbocycles. The molecule has 145 valence electrons. The minimum absolute atomic E-state index is 0.0524. The van der Waals surface area contributed by atoms with Gasteiger partial charge in [-0.3, -0.25) is 0 Å². The molecule has 27 heavy (non-hydrogen) atoms. The van der Waals surface area contributed by atoms with E-state index in [0.717, 1.165) is 22.6 Å². The highest BCUT2D eigenvalue weighted by Gasteiger charge is 2.21. The van der Waals surface area contributed by atoms with Crippen molar-refractivity contribution in [2.45, 2.75) is 52.4 Å². The van der Waals surface area contributed by atoms with Crippen LogP contribution in [-0.2, 0) is 10.8 Å². The van der Waals surface area contributed by atoms with Crippen LogP contribution in [-0.4, -0.2) is 21.9 Å². The third kappa shape index (κ3) is 5.35. The average Bonchev–Trinajstić information content (AvgIpc) is 2.60. The first kappa shape index (κ1) is 21.0. The normalized spacial score (nSPS) is 11.7. The van der Waals surface area contributed by atoms with Crippen molar-refractivity contribution in [2.24, 2.45) is 0 Å². The molecule has 0 fully saturated rings. The molecular weight excluding hydrogens is 339 g/mol. The van der Waals surface area contributed by atoms with Crippen LogP contribution in [0.15, 0.2) is 36.4 Å². The fourth-order valence-corrected chi connectivity index (χ4v) is 2.83. The lowest BCUT2D eigenvalue weighted by molar-refractivity contribution is 0.393. The summed E-state index contributed by atoms with van der Waals surface area (Å²) in [6.07, 6.45) is 0. The van der Waals surface area contributed by atoms with Gasteiger partial charge in [0.1, 0.15) is 23.0 Å². The Labute approximate surface area is 164 Å². The highest BCUT2D eigenvalue weighted by molar-refractivity contribution is 6.20. The maximum Gasteiger partial charge on any atom is 0.658 e. The van der Waals surface area contributed by atoms with Crippen LogP contribution in [0.25, 0.3) is 0 Å². The topological polar surface area (TPSA) is 36.9 Å². The van der Waals surface area contributed by atoms with E-state index >= 15 is 0 Å². The molecular formula is C22H30BO4. The fourth-order valence-electron chi connectivity index (χ4n) is 2.83. The average molecular weight is 369 g/mol. The largest absolute Gasteiger partial charge is 0.658 e. The molecule has 5 heteroatoms. The maximum absolute atomic E-state index is 5.69. The number of methoxy groups -OCH3 is 2. The zero-order valence-electron chi connectivity index (χ0n) is 17.7. The SMILES string of the molecule is COc1ccc(O[B]Oc2ccc(OC)c(C(C)(C)C)c2)cc1C(C)(C)C. The fraction of sp³-hybridized carbons (Fsp3) is 0.455. The Balaban J connectivity index is 2.11. The van der Waals surface area contributed by atoms with Gasteiger partial charge in [-0.2, -0.15) is 0 Å². The predicted molar refractivity (Wildman–Crippen MR) is 110 cm³/mol. The zero-order chi connectivity index (χ0) is 20.2. The molecule has 0 unspecified atom stereocenters. The van der Waals surface area contributed by atoms with Gasteiger partial charge in [0.2, 0.25) is 0 Å². The van der Waals surface area contributed by atoms with Gasteiger partial charge < -0.3 is 18.8 Å². The molecule has 1 radical (unpaired) electrons. The summed E-state index contributed by atoms with van der Waals surface area (Å²) < 4.78 is 22.3. The molecule has 2 aromatic carbocycles. The smallest absolute Gasteiger partial charge is 0.526 e. The highest BCUT2D eigenvalue weighted by atomic mass is 16.6. The van der Waals surface area contributed by atoms with Crippen LogP contribution in [0.1, 0.15) is 52.7 Å². The number of benzene rings is 2. The molecule has 0 aromatic heterocycles. The minimum atomic E-state index is -0.0524. The summed E-state index contributed by atoms with van der Waals surface area (Å²) in [5.41, 5.74) is 2.05. The van der Waals surface area contributed by atoms with Crippen LogP contribution in [0, 0.1) is 0 Å². The lowest BCUT2D eigenvalue weighted by atomic mass is 9.86. The quantitative estimate of drug-likeness (QED) is 0.649. The van der Waals surface area contributed by atoms with Gasteiger partial charge in [-0.05, 0) is 47.2 Å². The molecule has 0 atom stereocenters. The number of hydrogen-bond acceptors (Lipinski definition) is 4. The number of hydrogen-bond donors (Lipinski definition) is 0. The Kier molecular flexibility index (Phi) is 6.35. The van der Waals surface area contributed by atoms with E-state index in [1.54, 1.807) is 14.2 Å². The minimum Gasteiger partial charge on any atom is -0.526 e. The van der Waals surface area contributed by atoms with Crippen LogP contribution in [0.2, 0.25) is 0 Å². The third-order valence-electron chi connectivity index (χ3n) is 4.33. The summed E-state index contributed by atoms with van der Waals surface area (Å²) >= 11 is 0. The van der Waals surface area contributed by atoms with Gasteiger partial charge in [0, 0.05) is 11.1 Å². The molecule has 2 rings (SSSR count). The first-order valence-corrected chi connectivity index (χ1v) is 9.08. The summed E-state index contributed by atoms with van der Waals surface area (Å²) in [6.45, 7) is 12.8. The standard InChI is InChI=1S/C22H30BO4/c1-21(2,3)17-13-15(9-11-19(17)24-7)26-23-27-16-10-12-20(25-8)18(14-16)22(4,5)6/h9-14H,1-8H3. The molecule has 2 aromatic rings. The Morgan fingerprint density at radius 1 is 0.630 bits per heavy atom. The maximum atomic E-state index is 5.69.